The number of hydrogen-bond donors (Lipinski definition) is 1. The first-order valence-electron chi connectivity index (χ1n) is 5.18. The van der Waals surface area contributed by atoms with Crippen molar-refractivity contribution in [2.75, 3.05) is 5.32 Å². The van der Waals surface area contributed by atoms with Crippen molar-refractivity contribution in [2.24, 2.45) is 0 Å². The monoisotopic (exact) mass is 257 g/mol. The average Bonchev–Trinajstić information content (AvgIpc) is 2.21. The Morgan fingerprint density at radius 3 is 2.44 bits per heavy atom. The number of carbonyl (C=O) groups is 2. The van der Waals surface area contributed by atoms with E-state index < -0.39 is 28.9 Å². The molecule has 6 heteroatoms. The van der Waals surface area contributed by atoms with Crippen LogP contribution in [0.2, 0.25) is 0 Å². The van der Waals surface area contributed by atoms with Gasteiger partial charge >= 0.3 is 6.09 Å². The second kappa shape index (κ2) is 5.12. The van der Waals surface area contributed by atoms with Crippen LogP contribution in [-0.2, 0) is 4.74 Å². The van der Waals surface area contributed by atoms with Gasteiger partial charge in [-0.05, 0) is 32.9 Å². The fourth-order valence-corrected chi connectivity index (χ4v) is 1.20. The molecule has 0 saturated carbocycles. The lowest BCUT2D eigenvalue weighted by atomic mass is 10.1. The fraction of sp³-hybridized carbons (Fsp3) is 0.333. The van der Waals surface area contributed by atoms with Crippen molar-refractivity contribution in [3.63, 3.8) is 0 Å². The van der Waals surface area contributed by atoms with Crippen LogP contribution in [0, 0.1) is 11.6 Å². The largest absolute Gasteiger partial charge is 0.444 e. The smallest absolute Gasteiger partial charge is 0.412 e. The van der Waals surface area contributed by atoms with Gasteiger partial charge in [-0.15, -0.1) is 0 Å². The third kappa shape index (κ3) is 3.51. The Kier molecular flexibility index (Phi) is 4.00. The first kappa shape index (κ1) is 14.1. The lowest BCUT2D eigenvalue weighted by Crippen LogP contribution is -2.27. The molecule has 98 valence electrons. The summed E-state index contributed by atoms with van der Waals surface area (Å²) in [6.45, 7) is 4.95. The van der Waals surface area contributed by atoms with Gasteiger partial charge in [0.05, 0.1) is 11.3 Å². The Morgan fingerprint density at radius 2 is 1.94 bits per heavy atom. The molecule has 0 fully saturated rings. The van der Waals surface area contributed by atoms with E-state index in [9.17, 15) is 18.4 Å². The molecule has 1 amide bonds. The minimum absolute atomic E-state index is 0.130. The van der Waals surface area contributed by atoms with E-state index in [4.69, 9.17) is 4.74 Å². The van der Waals surface area contributed by atoms with E-state index in [1.807, 2.05) is 0 Å². The molecule has 1 N–H and O–H groups in total. The quantitative estimate of drug-likeness (QED) is 0.828. The van der Waals surface area contributed by atoms with Crippen molar-refractivity contribution < 1.29 is 23.1 Å². The van der Waals surface area contributed by atoms with Crippen LogP contribution in [0.4, 0.5) is 19.3 Å². The predicted octanol–water partition coefficient (Wildman–Crippen LogP) is 3.12. The molecule has 0 radical (unpaired) electrons. The lowest BCUT2D eigenvalue weighted by Gasteiger charge is -2.20. The first-order chi connectivity index (χ1) is 8.24. The molecule has 0 aliphatic rings. The molecule has 0 aliphatic heterocycles. The third-order valence-corrected chi connectivity index (χ3v) is 1.89. The summed E-state index contributed by atoms with van der Waals surface area (Å²) in [5, 5.41) is 2.19. The molecule has 18 heavy (non-hydrogen) atoms. The van der Waals surface area contributed by atoms with Crippen molar-refractivity contribution in [1.82, 2.24) is 0 Å². The number of amides is 1. The van der Waals surface area contributed by atoms with Gasteiger partial charge < -0.3 is 4.74 Å². The van der Waals surface area contributed by atoms with Crippen LogP contribution in [-0.4, -0.2) is 18.0 Å². The maximum atomic E-state index is 13.3. The number of rotatable bonds is 2. The van der Waals surface area contributed by atoms with Gasteiger partial charge in [0.1, 0.15) is 5.60 Å². The number of anilines is 1. The highest BCUT2D eigenvalue weighted by Gasteiger charge is 2.19. The highest BCUT2D eigenvalue weighted by molar-refractivity contribution is 5.93. The molecule has 1 aromatic rings. The third-order valence-electron chi connectivity index (χ3n) is 1.89. The summed E-state index contributed by atoms with van der Waals surface area (Å²) in [5.41, 5.74) is -1.43. The van der Waals surface area contributed by atoms with Gasteiger partial charge in [-0.25, -0.2) is 13.6 Å². The Balaban J connectivity index is 2.95. The summed E-state index contributed by atoms with van der Waals surface area (Å²) in [4.78, 5) is 22.1. The minimum atomic E-state index is -1.31. The molecular weight excluding hydrogens is 244 g/mol. The van der Waals surface area contributed by atoms with Crippen molar-refractivity contribution in [3.8, 4) is 0 Å². The summed E-state index contributed by atoms with van der Waals surface area (Å²) in [6, 6.07) is 1.90. The number of benzene rings is 1. The molecule has 1 aromatic carbocycles. The van der Waals surface area contributed by atoms with Gasteiger partial charge in [0.2, 0.25) is 0 Å². The topological polar surface area (TPSA) is 55.4 Å². The molecule has 0 unspecified atom stereocenters. The van der Waals surface area contributed by atoms with Gasteiger partial charge in [0.25, 0.3) is 0 Å². The molecule has 0 spiro atoms. The van der Waals surface area contributed by atoms with Gasteiger partial charge in [0.15, 0.2) is 17.9 Å². The standard InChI is InChI=1S/C12H13F2NO3/c1-12(2,3)18-11(17)15-9-5-4-8(13)10(14)7(9)6-16/h4-6H,1-3H3,(H,15,17). The van der Waals surface area contributed by atoms with Crippen molar-refractivity contribution in [1.29, 1.82) is 0 Å². The van der Waals surface area contributed by atoms with E-state index in [0.29, 0.717) is 0 Å². The summed E-state index contributed by atoms with van der Waals surface area (Å²) in [6.07, 6.45) is -0.720. The molecule has 0 heterocycles. The van der Waals surface area contributed by atoms with Crippen LogP contribution < -0.4 is 5.32 Å². The van der Waals surface area contributed by atoms with Gasteiger partial charge in [0, 0.05) is 0 Å². The number of ether oxygens (including phenoxy) is 1. The zero-order valence-corrected chi connectivity index (χ0v) is 10.2. The molecule has 0 aliphatic carbocycles. The van der Waals surface area contributed by atoms with Crippen LogP contribution in [0.25, 0.3) is 0 Å². The van der Waals surface area contributed by atoms with Crippen molar-refractivity contribution in [3.05, 3.63) is 29.3 Å². The van der Waals surface area contributed by atoms with Crippen LogP contribution in [0.3, 0.4) is 0 Å². The average molecular weight is 257 g/mol. The Labute approximate surface area is 103 Å². The second-order valence-electron chi connectivity index (χ2n) is 4.57. The van der Waals surface area contributed by atoms with E-state index in [1.54, 1.807) is 20.8 Å². The summed E-state index contributed by atoms with van der Waals surface area (Å²) < 4.78 is 31.1. The Morgan fingerprint density at radius 1 is 1.33 bits per heavy atom. The number of halogens is 2. The fourth-order valence-electron chi connectivity index (χ4n) is 1.20. The summed E-state index contributed by atoms with van der Waals surface area (Å²) >= 11 is 0. The van der Waals surface area contributed by atoms with Crippen LogP contribution in [0.15, 0.2) is 12.1 Å². The van der Waals surface area contributed by atoms with E-state index in [-0.39, 0.29) is 12.0 Å². The van der Waals surface area contributed by atoms with Crippen molar-refractivity contribution in [2.45, 2.75) is 26.4 Å². The molecule has 4 nitrogen and oxygen atoms in total. The zero-order chi connectivity index (χ0) is 13.9. The SMILES string of the molecule is CC(C)(C)OC(=O)Nc1ccc(F)c(F)c1C=O. The zero-order valence-electron chi connectivity index (χ0n) is 10.2. The summed E-state index contributed by atoms with van der Waals surface area (Å²) in [5.74, 6) is -2.47. The highest BCUT2D eigenvalue weighted by Crippen LogP contribution is 2.20. The highest BCUT2D eigenvalue weighted by atomic mass is 19.2. The molecule has 0 bridgehead atoms. The normalized spacial score (nSPS) is 10.9. The molecular formula is C12H13F2NO3. The minimum Gasteiger partial charge on any atom is -0.444 e. The van der Waals surface area contributed by atoms with E-state index >= 15 is 0 Å². The van der Waals surface area contributed by atoms with E-state index in [1.165, 1.54) is 0 Å². The Bertz CT molecular complexity index is 481. The van der Waals surface area contributed by atoms with Gasteiger partial charge in [-0.2, -0.15) is 0 Å². The van der Waals surface area contributed by atoms with Crippen molar-refractivity contribution >= 4 is 18.1 Å². The van der Waals surface area contributed by atoms with Crippen LogP contribution >= 0.6 is 0 Å². The maximum absolute atomic E-state index is 13.3. The number of hydrogen-bond acceptors (Lipinski definition) is 3. The van der Waals surface area contributed by atoms with Gasteiger partial charge in [-0.3, -0.25) is 10.1 Å². The first-order valence-corrected chi connectivity index (χ1v) is 5.18. The number of aldehydes is 1. The molecule has 0 atom stereocenters. The maximum Gasteiger partial charge on any atom is 0.412 e. The second-order valence-corrected chi connectivity index (χ2v) is 4.57. The molecule has 1 rings (SSSR count). The predicted molar refractivity (Wildman–Crippen MR) is 61.6 cm³/mol. The lowest BCUT2D eigenvalue weighted by molar-refractivity contribution is 0.0636. The molecule has 0 saturated heterocycles. The van der Waals surface area contributed by atoms with Gasteiger partial charge in [-0.1, -0.05) is 0 Å². The molecule has 0 aromatic heterocycles. The van der Waals surface area contributed by atoms with Crippen LogP contribution in [0.5, 0.6) is 0 Å². The van der Waals surface area contributed by atoms with Crippen LogP contribution in [0.1, 0.15) is 31.1 Å². The van der Waals surface area contributed by atoms with E-state index in [2.05, 4.69) is 5.32 Å². The number of carbonyl (C=O) groups excluding carboxylic acids is 2. The summed E-state index contributed by atoms with van der Waals surface area (Å²) in [7, 11) is 0. The Hall–Kier alpha value is -1.98. The van der Waals surface area contributed by atoms with E-state index in [0.717, 1.165) is 12.1 Å². The number of nitrogens with one attached hydrogen (secondary N) is 1.